The highest BCUT2D eigenvalue weighted by Gasteiger charge is 2.20. The first-order valence-corrected chi connectivity index (χ1v) is 7.79. The molecule has 0 unspecified atom stereocenters. The standard InChI is InChI=1S/C15H25N5O/c16-6-2-1-3-8-19-9-4-10-20(12-11-19)15(21)14-5-7-17-18-13-14/h5,7,13H,1-4,6,8-12,16H2. The summed E-state index contributed by atoms with van der Waals surface area (Å²) in [5.41, 5.74) is 6.14. The molecule has 6 nitrogen and oxygen atoms in total. The van der Waals surface area contributed by atoms with Crippen LogP contribution in [0.15, 0.2) is 18.5 Å². The van der Waals surface area contributed by atoms with E-state index in [0.717, 1.165) is 52.1 Å². The zero-order valence-corrected chi connectivity index (χ0v) is 12.6. The highest BCUT2D eigenvalue weighted by molar-refractivity contribution is 5.93. The van der Waals surface area contributed by atoms with E-state index >= 15 is 0 Å². The van der Waals surface area contributed by atoms with Crippen LogP contribution in [0.4, 0.5) is 0 Å². The quantitative estimate of drug-likeness (QED) is 0.783. The Kier molecular flexibility index (Phi) is 6.56. The number of unbranched alkanes of at least 4 members (excludes halogenated alkanes) is 2. The van der Waals surface area contributed by atoms with Crippen molar-refractivity contribution in [1.29, 1.82) is 0 Å². The van der Waals surface area contributed by atoms with Crippen molar-refractivity contribution in [3.63, 3.8) is 0 Å². The summed E-state index contributed by atoms with van der Waals surface area (Å²) in [5, 5.41) is 7.49. The number of carbonyl (C=O) groups is 1. The molecule has 1 aliphatic heterocycles. The lowest BCUT2D eigenvalue weighted by molar-refractivity contribution is 0.0760. The van der Waals surface area contributed by atoms with Crippen LogP contribution in [-0.2, 0) is 0 Å². The van der Waals surface area contributed by atoms with Gasteiger partial charge >= 0.3 is 0 Å². The molecule has 1 aliphatic rings. The molecule has 2 N–H and O–H groups in total. The highest BCUT2D eigenvalue weighted by atomic mass is 16.2. The molecule has 2 heterocycles. The van der Waals surface area contributed by atoms with Crippen molar-refractivity contribution < 1.29 is 4.79 Å². The average molecular weight is 291 g/mol. The van der Waals surface area contributed by atoms with Crippen LogP contribution in [0.2, 0.25) is 0 Å². The predicted octanol–water partition coefficient (Wildman–Crippen LogP) is 0.753. The van der Waals surface area contributed by atoms with Crippen molar-refractivity contribution in [3.8, 4) is 0 Å². The minimum atomic E-state index is 0.0647. The second kappa shape index (κ2) is 8.69. The molecule has 2 rings (SSSR count). The SMILES string of the molecule is NCCCCCN1CCCN(C(=O)c2ccnnc2)CC1. The second-order valence-corrected chi connectivity index (χ2v) is 5.47. The third-order valence-corrected chi connectivity index (χ3v) is 3.89. The lowest BCUT2D eigenvalue weighted by Gasteiger charge is -2.21. The van der Waals surface area contributed by atoms with Gasteiger partial charge in [-0.1, -0.05) is 6.42 Å². The van der Waals surface area contributed by atoms with Gasteiger partial charge in [-0.25, -0.2) is 0 Å². The average Bonchev–Trinajstić information content (AvgIpc) is 2.77. The number of carbonyl (C=O) groups excluding carboxylic acids is 1. The monoisotopic (exact) mass is 291 g/mol. The maximum atomic E-state index is 12.4. The van der Waals surface area contributed by atoms with Crippen molar-refractivity contribution in [2.24, 2.45) is 5.73 Å². The predicted molar refractivity (Wildman–Crippen MR) is 81.9 cm³/mol. The molecule has 0 spiro atoms. The molecule has 116 valence electrons. The van der Waals surface area contributed by atoms with Crippen LogP contribution in [-0.4, -0.2) is 65.2 Å². The summed E-state index contributed by atoms with van der Waals surface area (Å²) in [4.78, 5) is 16.8. The van der Waals surface area contributed by atoms with Crippen LogP contribution in [0.5, 0.6) is 0 Å². The molecule has 0 saturated carbocycles. The van der Waals surface area contributed by atoms with Gasteiger partial charge in [-0.2, -0.15) is 10.2 Å². The molecule has 1 amide bonds. The van der Waals surface area contributed by atoms with Gasteiger partial charge < -0.3 is 15.5 Å². The fourth-order valence-electron chi connectivity index (χ4n) is 2.65. The number of hydrogen-bond donors (Lipinski definition) is 1. The molecule has 21 heavy (non-hydrogen) atoms. The van der Waals surface area contributed by atoms with Gasteiger partial charge in [-0.3, -0.25) is 4.79 Å². The number of nitrogens with two attached hydrogens (primary N) is 1. The molecule has 0 bridgehead atoms. The molecular formula is C15H25N5O. The summed E-state index contributed by atoms with van der Waals surface area (Å²) in [6.45, 7) is 5.52. The van der Waals surface area contributed by atoms with Crippen molar-refractivity contribution in [1.82, 2.24) is 20.0 Å². The van der Waals surface area contributed by atoms with E-state index in [4.69, 9.17) is 5.73 Å². The fourth-order valence-corrected chi connectivity index (χ4v) is 2.65. The first-order chi connectivity index (χ1) is 10.3. The van der Waals surface area contributed by atoms with E-state index in [0.29, 0.717) is 5.56 Å². The Bertz CT molecular complexity index is 425. The van der Waals surface area contributed by atoms with E-state index in [1.807, 2.05) is 4.90 Å². The number of nitrogens with zero attached hydrogens (tertiary/aromatic N) is 4. The maximum Gasteiger partial charge on any atom is 0.255 e. The van der Waals surface area contributed by atoms with Crippen molar-refractivity contribution in [2.45, 2.75) is 25.7 Å². The summed E-state index contributed by atoms with van der Waals surface area (Å²) in [5.74, 6) is 0.0647. The van der Waals surface area contributed by atoms with Gasteiger partial charge in [0.1, 0.15) is 0 Å². The minimum Gasteiger partial charge on any atom is -0.337 e. The van der Waals surface area contributed by atoms with E-state index < -0.39 is 0 Å². The van der Waals surface area contributed by atoms with E-state index in [9.17, 15) is 4.79 Å². The summed E-state index contributed by atoms with van der Waals surface area (Å²) in [6, 6.07) is 1.73. The molecular weight excluding hydrogens is 266 g/mol. The number of rotatable bonds is 6. The second-order valence-electron chi connectivity index (χ2n) is 5.47. The first-order valence-electron chi connectivity index (χ1n) is 7.79. The summed E-state index contributed by atoms with van der Waals surface area (Å²) in [7, 11) is 0. The Morgan fingerprint density at radius 2 is 2.05 bits per heavy atom. The van der Waals surface area contributed by atoms with E-state index in [1.165, 1.54) is 19.0 Å². The van der Waals surface area contributed by atoms with Crippen molar-refractivity contribution in [3.05, 3.63) is 24.0 Å². The largest absolute Gasteiger partial charge is 0.337 e. The molecule has 0 aliphatic carbocycles. The van der Waals surface area contributed by atoms with Crippen LogP contribution in [0.25, 0.3) is 0 Å². The summed E-state index contributed by atoms with van der Waals surface area (Å²) in [6.07, 6.45) is 7.62. The Balaban J connectivity index is 1.79. The lowest BCUT2D eigenvalue weighted by atomic mass is 10.2. The van der Waals surface area contributed by atoms with Crippen LogP contribution in [0.3, 0.4) is 0 Å². The van der Waals surface area contributed by atoms with Crippen molar-refractivity contribution in [2.75, 3.05) is 39.3 Å². The first kappa shape index (κ1) is 15.9. The van der Waals surface area contributed by atoms with Gasteiger partial charge in [0.2, 0.25) is 0 Å². The van der Waals surface area contributed by atoms with Gasteiger partial charge in [0, 0.05) is 19.6 Å². The van der Waals surface area contributed by atoms with Crippen LogP contribution in [0, 0.1) is 0 Å². The Labute approximate surface area is 126 Å². The molecule has 1 saturated heterocycles. The number of aromatic nitrogens is 2. The number of amides is 1. The normalized spacial score (nSPS) is 16.7. The van der Waals surface area contributed by atoms with Gasteiger partial charge in [0.25, 0.3) is 5.91 Å². The van der Waals surface area contributed by atoms with Crippen LogP contribution < -0.4 is 5.73 Å². The fraction of sp³-hybridized carbons (Fsp3) is 0.667. The molecule has 0 aromatic carbocycles. The summed E-state index contributed by atoms with van der Waals surface area (Å²) >= 11 is 0. The number of hydrogen-bond acceptors (Lipinski definition) is 5. The molecule has 0 radical (unpaired) electrons. The molecule has 0 atom stereocenters. The molecule has 1 aromatic rings. The maximum absolute atomic E-state index is 12.4. The Morgan fingerprint density at radius 3 is 2.81 bits per heavy atom. The zero-order valence-electron chi connectivity index (χ0n) is 12.6. The zero-order chi connectivity index (χ0) is 14.9. The smallest absolute Gasteiger partial charge is 0.255 e. The summed E-state index contributed by atoms with van der Waals surface area (Å²) < 4.78 is 0. The van der Waals surface area contributed by atoms with Gasteiger partial charge in [-0.05, 0) is 45.0 Å². The third kappa shape index (κ3) is 5.06. The lowest BCUT2D eigenvalue weighted by Crippen LogP contribution is -2.35. The topological polar surface area (TPSA) is 75.3 Å². The third-order valence-electron chi connectivity index (χ3n) is 3.89. The molecule has 1 fully saturated rings. The van der Waals surface area contributed by atoms with Crippen LogP contribution >= 0.6 is 0 Å². The molecule has 6 heteroatoms. The van der Waals surface area contributed by atoms with Crippen molar-refractivity contribution >= 4 is 5.91 Å². The van der Waals surface area contributed by atoms with E-state index in [1.54, 1.807) is 12.3 Å². The van der Waals surface area contributed by atoms with E-state index in [2.05, 4.69) is 15.1 Å². The van der Waals surface area contributed by atoms with Gasteiger partial charge in [0.05, 0.1) is 18.0 Å². The van der Waals surface area contributed by atoms with E-state index in [-0.39, 0.29) is 5.91 Å². The minimum absolute atomic E-state index is 0.0647. The molecule has 1 aromatic heterocycles. The van der Waals surface area contributed by atoms with Gasteiger partial charge in [-0.15, -0.1) is 0 Å². The Morgan fingerprint density at radius 1 is 1.14 bits per heavy atom. The van der Waals surface area contributed by atoms with Crippen LogP contribution in [0.1, 0.15) is 36.0 Å². The highest BCUT2D eigenvalue weighted by Crippen LogP contribution is 2.09. The Hall–Kier alpha value is -1.53. The van der Waals surface area contributed by atoms with Gasteiger partial charge in [0.15, 0.2) is 0 Å².